The molecule has 10 heteroatoms. The number of aliphatic hydroxyl groups is 1. The highest BCUT2D eigenvalue weighted by Gasteiger charge is 2.23. The highest BCUT2D eigenvalue weighted by Crippen LogP contribution is 2.42. The van der Waals surface area contributed by atoms with Crippen molar-refractivity contribution in [3.8, 4) is 0 Å². The van der Waals surface area contributed by atoms with E-state index in [1.807, 2.05) is 0 Å². The zero-order valence-electron chi connectivity index (χ0n) is 37.8. The van der Waals surface area contributed by atoms with E-state index < -0.39 is 26.5 Å². The molecule has 0 bridgehead atoms. The average molecular weight is 842 g/mol. The number of carbonyl (C=O) groups is 2. The van der Waals surface area contributed by atoms with Crippen LogP contribution in [0.4, 0.5) is 0 Å². The fourth-order valence-corrected chi connectivity index (χ4v) is 7.66. The maximum absolute atomic E-state index is 12.1. The Kier molecular flexibility index (Phi) is 43.9. The molecule has 0 saturated heterocycles. The summed E-state index contributed by atoms with van der Waals surface area (Å²) in [4.78, 5) is 34.0. The van der Waals surface area contributed by atoms with Crippen LogP contribution < -0.4 is 5.32 Å². The van der Waals surface area contributed by atoms with Crippen molar-refractivity contribution in [1.82, 2.24) is 5.32 Å². The van der Waals surface area contributed by atoms with Crippen LogP contribution in [0.5, 0.6) is 0 Å². The Morgan fingerprint density at radius 2 is 0.879 bits per heavy atom. The molecule has 3 N–H and O–H groups in total. The van der Waals surface area contributed by atoms with Crippen molar-refractivity contribution in [3.63, 3.8) is 0 Å². The molecule has 9 nitrogen and oxygen atoms in total. The number of phosphoric acid groups is 1. The molecule has 0 heterocycles. The van der Waals surface area contributed by atoms with Crippen molar-refractivity contribution >= 4 is 19.7 Å². The van der Waals surface area contributed by atoms with Crippen LogP contribution in [0.1, 0.15) is 239 Å². The molecule has 0 radical (unpaired) electrons. The van der Waals surface area contributed by atoms with Gasteiger partial charge in [-0.25, -0.2) is 4.57 Å². The van der Waals surface area contributed by atoms with Crippen LogP contribution in [0.15, 0.2) is 24.3 Å². The topological polar surface area (TPSA) is 131 Å². The summed E-state index contributed by atoms with van der Waals surface area (Å²) in [6.45, 7) is 3.57. The van der Waals surface area contributed by atoms with E-state index in [9.17, 15) is 24.2 Å². The van der Waals surface area contributed by atoms with Gasteiger partial charge >= 0.3 is 13.8 Å². The second-order valence-corrected chi connectivity index (χ2v) is 17.9. The van der Waals surface area contributed by atoms with Crippen molar-refractivity contribution < 1.29 is 37.9 Å². The largest absolute Gasteiger partial charge is 0.472 e. The van der Waals surface area contributed by atoms with Gasteiger partial charge in [0.1, 0.15) is 12.7 Å². The molecule has 0 rings (SSSR count). The first kappa shape index (κ1) is 56.5. The maximum Gasteiger partial charge on any atom is 0.472 e. The molecule has 2 unspecified atom stereocenters. The minimum absolute atomic E-state index is 0.0812. The van der Waals surface area contributed by atoms with Gasteiger partial charge < -0.3 is 20.1 Å². The predicted molar refractivity (Wildman–Crippen MR) is 243 cm³/mol. The Hall–Kier alpha value is -1.51. The second kappa shape index (κ2) is 45.0. The Morgan fingerprint density at radius 1 is 0.517 bits per heavy atom. The zero-order chi connectivity index (χ0) is 42.5. The van der Waals surface area contributed by atoms with Crippen LogP contribution in [0.2, 0.25) is 0 Å². The number of rotatable bonds is 46. The van der Waals surface area contributed by atoms with Gasteiger partial charge in [-0.1, -0.05) is 186 Å². The molecule has 0 fully saturated rings. The fourth-order valence-electron chi connectivity index (χ4n) is 6.90. The summed E-state index contributed by atoms with van der Waals surface area (Å²) in [5.41, 5.74) is 0. The number of nitrogens with one attached hydrogen (secondary N) is 1. The van der Waals surface area contributed by atoms with Gasteiger partial charge in [0.15, 0.2) is 0 Å². The first-order valence-electron chi connectivity index (χ1n) is 24.3. The van der Waals surface area contributed by atoms with Crippen molar-refractivity contribution in [2.45, 2.75) is 245 Å². The van der Waals surface area contributed by atoms with Crippen LogP contribution in [-0.2, 0) is 27.9 Å². The second-order valence-electron chi connectivity index (χ2n) is 16.4. The lowest BCUT2D eigenvalue weighted by atomic mass is 10.1. The lowest BCUT2D eigenvalue weighted by Gasteiger charge is -2.15. The minimum atomic E-state index is -4.42. The molecular formula is C48H92NO8P. The summed E-state index contributed by atoms with van der Waals surface area (Å²) >= 11 is 0. The molecule has 0 saturated carbocycles. The van der Waals surface area contributed by atoms with Crippen LogP contribution in [0, 0.1) is 0 Å². The predicted octanol–water partition coefficient (Wildman–Crippen LogP) is 13.9. The number of aliphatic hydroxyl groups excluding tert-OH is 1. The van der Waals surface area contributed by atoms with Crippen LogP contribution in [0.3, 0.4) is 0 Å². The van der Waals surface area contributed by atoms with Crippen LogP contribution in [0.25, 0.3) is 0 Å². The first-order valence-corrected chi connectivity index (χ1v) is 25.8. The smallest absolute Gasteiger partial charge is 0.463 e. The van der Waals surface area contributed by atoms with Gasteiger partial charge in [0.05, 0.1) is 13.2 Å². The van der Waals surface area contributed by atoms with Gasteiger partial charge in [0, 0.05) is 19.4 Å². The van der Waals surface area contributed by atoms with Gasteiger partial charge in [-0.2, -0.15) is 0 Å². The third-order valence-corrected chi connectivity index (χ3v) is 11.6. The number of phosphoric ester groups is 1. The van der Waals surface area contributed by atoms with E-state index in [2.05, 4.69) is 43.5 Å². The van der Waals surface area contributed by atoms with E-state index in [0.29, 0.717) is 6.42 Å². The minimum Gasteiger partial charge on any atom is -0.463 e. The summed E-state index contributed by atoms with van der Waals surface area (Å²) in [7, 11) is -4.42. The Morgan fingerprint density at radius 3 is 1.29 bits per heavy atom. The number of ether oxygens (including phenoxy) is 1. The highest BCUT2D eigenvalue weighted by atomic mass is 31.2. The Labute approximate surface area is 357 Å². The molecule has 0 aromatic rings. The standard InChI is InChI=1S/C48H92NO8P/c1-3-5-7-9-11-13-15-17-19-21-23-25-27-29-31-33-35-37-39-41-48(52)55-44-46(50)45-57-58(53,54)56-43-42-49-47(51)40-38-36-34-32-30-28-26-24-22-20-18-16-14-12-10-8-6-4-2/h17,19-20,22,46,50H,3-16,18,21,23-45H2,1-2H3,(H,49,51)(H,53,54)/b19-17+,22-20-. The molecule has 342 valence electrons. The van der Waals surface area contributed by atoms with Gasteiger partial charge in [0.2, 0.25) is 5.91 Å². The summed E-state index contributed by atoms with van der Waals surface area (Å²) in [5.74, 6) is -0.515. The average Bonchev–Trinajstić information content (AvgIpc) is 3.21. The molecule has 1 amide bonds. The summed E-state index contributed by atoms with van der Waals surface area (Å²) in [6.07, 6.45) is 49.7. The molecule has 0 aliphatic rings. The normalized spacial score (nSPS) is 13.4. The van der Waals surface area contributed by atoms with Crippen LogP contribution >= 0.6 is 7.82 Å². The van der Waals surface area contributed by atoms with Crippen molar-refractivity contribution in [3.05, 3.63) is 24.3 Å². The molecule has 0 aromatic heterocycles. The number of hydrogen-bond acceptors (Lipinski definition) is 7. The van der Waals surface area contributed by atoms with E-state index in [1.54, 1.807) is 0 Å². The third kappa shape index (κ3) is 45.6. The van der Waals surface area contributed by atoms with E-state index in [0.717, 1.165) is 38.5 Å². The fraction of sp³-hybridized carbons (Fsp3) is 0.875. The Balaban J connectivity index is 3.56. The van der Waals surface area contributed by atoms with E-state index in [4.69, 9.17) is 13.8 Å². The number of esters is 1. The van der Waals surface area contributed by atoms with Crippen molar-refractivity contribution in [2.24, 2.45) is 0 Å². The number of unbranched alkanes of at least 4 members (excludes halogenated alkanes) is 29. The maximum atomic E-state index is 12.1. The zero-order valence-corrected chi connectivity index (χ0v) is 38.6. The highest BCUT2D eigenvalue weighted by molar-refractivity contribution is 7.47. The van der Waals surface area contributed by atoms with Gasteiger partial charge in [-0.05, 0) is 64.2 Å². The van der Waals surface area contributed by atoms with E-state index in [-0.39, 0.29) is 32.1 Å². The Bertz CT molecular complexity index is 1010. The lowest BCUT2D eigenvalue weighted by Crippen LogP contribution is -2.27. The SMILES string of the molecule is CCCCCCCC/C=C/CCCCCCCCCCCC(=O)OCC(O)COP(=O)(O)OCCNC(=O)CCCCCCCCC/C=C\CCCCCCCCC. The number of amides is 1. The molecule has 0 spiro atoms. The molecular weight excluding hydrogens is 750 g/mol. The molecule has 0 aliphatic carbocycles. The number of allylic oxidation sites excluding steroid dienone is 4. The monoisotopic (exact) mass is 842 g/mol. The van der Waals surface area contributed by atoms with Crippen molar-refractivity contribution in [1.29, 1.82) is 0 Å². The van der Waals surface area contributed by atoms with Gasteiger partial charge in [-0.15, -0.1) is 0 Å². The molecule has 0 aliphatic heterocycles. The van der Waals surface area contributed by atoms with Crippen LogP contribution in [-0.4, -0.2) is 54.3 Å². The third-order valence-electron chi connectivity index (χ3n) is 10.6. The van der Waals surface area contributed by atoms with E-state index in [1.165, 1.54) is 173 Å². The molecule has 0 aromatic carbocycles. The lowest BCUT2D eigenvalue weighted by molar-refractivity contribution is -0.147. The van der Waals surface area contributed by atoms with E-state index >= 15 is 0 Å². The van der Waals surface area contributed by atoms with Crippen molar-refractivity contribution in [2.75, 3.05) is 26.4 Å². The summed E-state index contributed by atoms with van der Waals surface area (Å²) in [6, 6.07) is 0. The first-order chi connectivity index (χ1) is 28.3. The van der Waals surface area contributed by atoms with Gasteiger partial charge in [0.25, 0.3) is 0 Å². The summed E-state index contributed by atoms with van der Waals surface area (Å²) < 4.78 is 26.9. The summed E-state index contributed by atoms with van der Waals surface area (Å²) in [5, 5.41) is 12.7. The molecule has 2 atom stereocenters. The number of carbonyl (C=O) groups excluding carboxylic acids is 2. The number of hydrogen-bond donors (Lipinski definition) is 3. The quantitative estimate of drug-likeness (QED) is 0.0239. The van der Waals surface area contributed by atoms with Gasteiger partial charge in [-0.3, -0.25) is 18.6 Å². The molecule has 58 heavy (non-hydrogen) atoms.